The first-order valence-corrected chi connectivity index (χ1v) is 10.0. The molecule has 0 N–H and O–H groups in total. The smallest absolute Gasteiger partial charge is 0.224 e. The number of hydrogen-bond donors (Lipinski definition) is 0. The van der Waals surface area contributed by atoms with Crippen LogP contribution in [-0.2, 0) is 11.3 Å². The van der Waals surface area contributed by atoms with Gasteiger partial charge in [-0.05, 0) is 44.5 Å². The Morgan fingerprint density at radius 3 is 2.40 bits per heavy atom. The number of benzene rings is 1. The first-order valence-electron chi connectivity index (χ1n) is 10.0. The molecular formula is C21H33N3O. The highest BCUT2D eigenvalue weighted by Crippen LogP contribution is 2.23. The molecule has 0 aliphatic carbocycles. The lowest BCUT2D eigenvalue weighted by atomic mass is 10.0. The lowest BCUT2D eigenvalue weighted by Crippen LogP contribution is -2.48. The fourth-order valence-corrected chi connectivity index (χ4v) is 4.33. The summed E-state index contributed by atoms with van der Waals surface area (Å²) in [7, 11) is 0. The van der Waals surface area contributed by atoms with Gasteiger partial charge in [-0.25, -0.2) is 0 Å². The van der Waals surface area contributed by atoms with Gasteiger partial charge in [0.05, 0.1) is 0 Å². The average molecular weight is 344 g/mol. The van der Waals surface area contributed by atoms with Crippen LogP contribution in [0.5, 0.6) is 0 Å². The zero-order valence-corrected chi connectivity index (χ0v) is 15.9. The minimum atomic E-state index is 0.323. The summed E-state index contributed by atoms with van der Waals surface area (Å²) in [4.78, 5) is 20.1. The van der Waals surface area contributed by atoms with Gasteiger partial charge in [0.2, 0.25) is 5.91 Å². The van der Waals surface area contributed by atoms with E-state index in [0.717, 1.165) is 32.6 Å². The van der Waals surface area contributed by atoms with E-state index >= 15 is 0 Å². The van der Waals surface area contributed by atoms with E-state index in [0.29, 0.717) is 24.4 Å². The fourth-order valence-electron chi connectivity index (χ4n) is 4.33. The molecule has 1 amide bonds. The largest absolute Gasteiger partial charge is 0.334 e. The Morgan fingerprint density at radius 2 is 1.76 bits per heavy atom. The molecule has 1 atom stereocenters. The zero-order valence-electron chi connectivity index (χ0n) is 15.9. The van der Waals surface area contributed by atoms with Gasteiger partial charge in [0, 0.05) is 38.1 Å². The van der Waals surface area contributed by atoms with Crippen LogP contribution < -0.4 is 0 Å². The second-order valence-electron chi connectivity index (χ2n) is 7.48. The van der Waals surface area contributed by atoms with E-state index < -0.39 is 0 Å². The summed E-state index contributed by atoms with van der Waals surface area (Å²) in [5.41, 5.74) is 1.24. The van der Waals surface area contributed by atoms with E-state index in [1.807, 2.05) is 6.07 Å². The second kappa shape index (κ2) is 8.81. The number of hydrogen-bond acceptors (Lipinski definition) is 3. The summed E-state index contributed by atoms with van der Waals surface area (Å²) < 4.78 is 0. The van der Waals surface area contributed by atoms with Crippen LogP contribution in [0.3, 0.4) is 0 Å². The number of likely N-dealkylation sites (tertiary alicyclic amines) is 1. The van der Waals surface area contributed by atoms with Crippen molar-refractivity contribution in [1.82, 2.24) is 14.7 Å². The summed E-state index contributed by atoms with van der Waals surface area (Å²) in [6.07, 6.45) is 4.19. The molecule has 0 aromatic heterocycles. The van der Waals surface area contributed by atoms with E-state index in [1.54, 1.807) is 0 Å². The Hall–Kier alpha value is -1.39. The van der Waals surface area contributed by atoms with Crippen LogP contribution in [0.25, 0.3) is 0 Å². The number of amides is 1. The zero-order chi connectivity index (χ0) is 17.6. The molecular weight excluding hydrogens is 310 g/mol. The molecule has 25 heavy (non-hydrogen) atoms. The summed E-state index contributed by atoms with van der Waals surface area (Å²) in [6, 6.07) is 11.4. The highest BCUT2D eigenvalue weighted by Gasteiger charge is 2.32. The van der Waals surface area contributed by atoms with E-state index in [9.17, 15) is 4.79 Å². The maximum absolute atomic E-state index is 12.8. The van der Waals surface area contributed by atoms with Crippen LogP contribution in [-0.4, -0.2) is 65.4 Å². The van der Waals surface area contributed by atoms with E-state index in [4.69, 9.17) is 0 Å². The molecule has 2 heterocycles. The Morgan fingerprint density at radius 1 is 1.04 bits per heavy atom. The molecule has 2 aliphatic rings. The van der Waals surface area contributed by atoms with Crippen molar-refractivity contribution in [2.75, 3.05) is 32.7 Å². The summed E-state index contributed by atoms with van der Waals surface area (Å²) in [6.45, 7) is 10.8. The van der Waals surface area contributed by atoms with Crippen molar-refractivity contribution in [3.63, 3.8) is 0 Å². The molecule has 0 spiro atoms. The Balaban J connectivity index is 1.66. The predicted octanol–water partition coefficient (Wildman–Crippen LogP) is 2.98. The molecule has 4 nitrogen and oxygen atoms in total. The Labute approximate surface area is 152 Å². The van der Waals surface area contributed by atoms with E-state index in [2.05, 4.69) is 52.8 Å². The van der Waals surface area contributed by atoms with Crippen molar-refractivity contribution in [1.29, 1.82) is 0 Å². The summed E-state index contributed by atoms with van der Waals surface area (Å²) >= 11 is 0. The number of rotatable bonds is 5. The van der Waals surface area contributed by atoms with Crippen LogP contribution in [0.2, 0.25) is 0 Å². The molecule has 0 saturated carbocycles. The second-order valence-corrected chi connectivity index (χ2v) is 7.48. The molecule has 0 radical (unpaired) electrons. The molecule has 2 fully saturated rings. The minimum Gasteiger partial charge on any atom is -0.334 e. The molecule has 2 aliphatic heterocycles. The van der Waals surface area contributed by atoms with Crippen molar-refractivity contribution in [2.24, 2.45) is 0 Å². The number of carbonyl (C=O) groups excluding carboxylic acids is 1. The molecule has 2 saturated heterocycles. The molecule has 1 aromatic rings. The van der Waals surface area contributed by atoms with Crippen molar-refractivity contribution in [2.45, 2.75) is 58.2 Å². The first-order chi connectivity index (χ1) is 12.2. The third-order valence-electron chi connectivity index (χ3n) is 6.01. The molecule has 1 unspecified atom stereocenters. The monoisotopic (exact) mass is 343 g/mol. The van der Waals surface area contributed by atoms with Crippen molar-refractivity contribution in [3.8, 4) is 0 Å². The van der Waals surface area contributed by atoms with Gasteiger partial charge in [-0.1, -0.05) is 44.2 Å². The molecule has 0 bridgehead atoms. The Bertz CT molecular complexity index is 539. The topological polar surface area (TPSA) is 26.8 Å². The highest BCUT2D eigenvalue weighted by atomic mass is 16.2. The number of carbonyl (C=O) groups is 1. The van der Waals surface area contributed by atoms with E-state index in [1.165, 1.54) is 31.5 Å². The quantitative estimate of drug-likeness (QED) is 0.822. The maximum atomic E-state index is 12.8. The van der Waals surface area contributed by atoms with Crippen LogP contribution in [0.15, 0.2) is 30.3 Å². The lowest BCUT2D eigenvalue weighted by molar-refractivity contribution is -0.133. The fraction of sp³-hybridized carbons (Fsp3) is 0.667. The summed E-state index contributed by atoms with van der Waals surface area (Å²) in [5.74, 6) is 0.323. The van der Waals surface area contributed by atoms with Gasteiger partial charge in [-0.2, -0.15) is 0 Å². The molecule has 1 aromatic carbocycles. The number of piperidine rings is 1. The predicted molar refractivity (Wildman–Crippen MR) is 102 cm³/mol. The van der Waals surface area contributed by atoms with Gasteiger partial charge < -0.3 is 9.80 Å². The van der Waals surface area contributed by atoms with Crippen LogP contribution >= 0.6 is 0 Å². The third kappa shape index (κ3) is 4.62. The van der Waals surface area contributed by atoms with Gasteiger partial charge >= 0.3 is 0 Å². The summed E-state index contributed by atoms with van der Waals surface area (Å²) in [5, 5.41) is 0. The normalized spacial score (nSPS) is 24.5. The molecule has 4 heteroatoms. The van der Waals surface area contributed by atoms with E-state index in [-0.39, 0.29) is 0 Å². The van der Waals surface area contributed by atoms with Crippen LogP contribution in [0, 0.1) is 0 Å². The average Bonchev–Trinajstić information content (AvgIpc) is 2.82. The number of nitrogens with zero attached hydrogens (tertiary/aromatic N) is 3. The first kappa shape index (κ1) is 18.4. The van der Waals surface area contributed by atoms with Crippen LogP contribution in [0.4, 0.5) is 0 Å². The van der Waals surface area contributed by atoms with Gasteiger partial charge in [0.15, 0.2) is 0 Å². The van der Waals surface area contributed by atoms with Gasteiger partial charge in [-0.3, -0.25) is 9.69 Å². The molecule has 138 valence electrons. The lowest BCUT2D eigenvalue weighted by Gasteiger charge is -2.39. The maximum Gasteiger partial charge on any atom is 0.224 e. The SMILES string of the molecule is CCC1CN(C2CCN(CC)CC2)CCC(=O)N1Cc1ccccc1. The Kier molecular flexibility index (Phi) is 6.49. The standard InChI is InChI=1S/C21H33N3O/c1-3-19-17-23(20-10-13-22(4-2)14-11-20)15-12-21(25)24(19)16-18-8-6-5-7-9-18/h5-9,19-20H,3-4,10-17H2,1-2H3. The minimum absolute atomic E-state index is 0.323. The van der Waals surface area contributed by atoms with Gasteiger partial charge in [0.1, 0.15) is 0 Å². The van der Waals surface area contributed by atoms with Crippen molar-refractivity contribution >= 4 is 5.91 Å². The van der Waals surface area contributed by atoms with Gasteiger partial charge in [0.25, 0.3) is 0 Å². The highest BCUT2D eigenvalue weighted by molar-refractivity contribution is 5.77. The third-order valence-corrected chi connectivity index (χ3v) is 6.01. The van der Waals surface area contributed by atoms with Crippen LogP contribution in [0.1, 0.15) is 45.1 Å². The van der Waals surface area contributed by atoms with Gasteiger partial charge in [-0.15, -0.1) is 0 Å². The van der Waals surface area contributed by atoms with Crippen molar-refractivity contribution in [3.05, 3.63) is 35.9 Å². The van der Waals surface area contributed by atoms with Crippen molar-refractivity contribution < 1.29 is 4.79 Å². The molecule has 3 rings (SSSR count).